The fraction of sp³-hybridized carbons (Fsp3) is 0.500. The van der Waals surface area contributed by atoms with Crippen molar-refractivity contribution in [1.82, 2.24) is 15.5 Å². The van der Waals surface area contributed by atoms with E-state index in [0.29, 0.717) is 0 Å². The summed E-state index contributed by atoms with van der Waals surface area (Å²) in [5.41, 5.74) is 1.98. The molecule has 1 fully saturated rings. The molecule has 0 radical (unpaired) electrons. The van der Waals surface area contributed by atoms with Crippen molar-refractivity contribution < 1.29 is 9.59 Å². The van der Waals surface area contributed by atoms with E-state index in [9.17, 15) is 9.59 Å². The number of thioether (sulfide) groups is 1. The van der Waals surface area contributed by atoms with E-state index >= 15 is 0 Å². The summed E-state index contributed by atoms with van der Waals surface area (Å²) in [6, 6.07) is 7.47. The highest BCUT2D eigenvalue weighted by atomic mass is 32.2. The third kappa shape index (κ3) is 6.50. The number of carbonyl (C=O) groups is 2. The van der Waals surface area contributed by atoms with Crippen LogP contribution in [0.4, 0.5) is 10.5 Å². The lowest BCUT2D eigenvalue weighted by Gasteiger charge is -2.26. The molecule has 0 aliphatic carbocycles. The van der Waals surface area contributed by atoms with Gasteiger partial charge in [0.05, 0.1) is 6.54 Å². The molecule has 3 N–H and O–H groups in total. The quantitative estimate of drug-likeness (QED) is 0.728. The van der Waals surface area contributed by atoms with Gasteiger partial charge in [-0.1, -0.05) is 12.1 Å². The summed E-state index contributed by atoms with van der Waals surface area (Å²) in [4.78, 5) is 25.2. The maximum absolute atomic E-state index is 11.6. The number of carbonyl (C=O) groups excluding carboxylic acids is 2. The third-order valence-electron chi connectivity index (χ3n) is 3.72. The molecule has 126 valence electrons. The van der Waals surface area contributed by atoms with Crippen molar-refractivity contribution in [2.75, 3.05) is 50.0 Å². The van der Waals surface area contributed by atoms with Gasteiger partial charge in [-0.3, -0.25) is 4.79 Å². The zero-order valence-electron chi connectivity index (χ0n) is 13.4. The number of likely N-dealkylation sites (N-methyl/N-ethyl adjacent to an activating group) is 1. The van der Waals surface area contributed by atoms with Crippen LogP contribution in [0.3, 0.4) is 0 Å². The van der Waals surface area contributed by atoms with Crippen LogP contribution >= 0.6 is 11.8 Å². The highest BCUT2D eigenvalue weighted by molar-refractivity contribution is 7.99. The Labute approximate surface area is 141 Å². The van der Waals surface area contributed by atoms with E-state index < -0.39 is 0 Å². The van der Waals surface area contributed by atoms with Crippen molar-refractivity contribution in [1.29, 1.82) is 0 Å². The molecule has 6 nitrogen and oxygen atoms in total. The molecule has 7 heteroatoms. The summed E-state index contributed by atoms with van der Waals surface area (Å²) in [6.45, 7) is 3.40. The van der Waals surface area contributed by atoms with Gasteiger partial charge in [-0.05, 0) is 24.1 Å². The van der Waals surface area contributed by atoms with Gasteiger partial charge in [0.15, 0.2) is 0 Å². The van der Waals surface area contributed by atoms with Crippen LogP contribution in [-0.2, 0) is 11.2 Å². The summed E-state index contributed by atoms with van der Waals surface area (Å²) in [5, 5.41) is 7.65. The van der Waals surface area contributed by atoms with Crippen molar-refractivity contribution in [3.8, 4) is 0 Å². The Morgan fingerprint density at radius 3 is 2.52 bits per heavy atom. The van der Waals surface area contributed by atoms with Gasteiger partial charge in [0, 0.05) is 43.9 Å². The summed E-state index contributed by atoms with van der Waals surface area (Å²) in [5.74, 6) is 2.23. The van der Waals surface area contributed by atoms with E-state index in [4.69, 9.17) is 0 Å². The second kappa shape index (κ2) is 9.42. The van der Waals surface area contributed by atoms with Gasteiger partial charge < -0.3 is 20.9 Å². The molecule has 0 unspecified atom stereocenters. The Balaban J connectivity index is 1.73. The first-order valence-electron chi connectivity index (χ1n) is 7.82. The number of anilines is 1. The molecule has 0 bridgehead atoms. The van der Waals surface area contributed by atoms with E-state index in [1.54, 1.807) is 0 Å². The average molecular weight is 336 g/mol. The highest BCUT2D eigenvalue weighted by Gasteiger charge is 2.10. The Kier molecular flexibility index (Phi) is 7.22. The molecule has 2 rings (SSSR count). The van der Waals surface area contributed by atoms with Gasteiger partial charge in [-0.2, -0.15) is 11.8 Å². The second-order valence-electron chi connectivity index (χ2n) is 5.38. The van der Waals surface area contributed by atoms with Crippen molar-refractivity contribution in [3.05, 3.63) is 29.8 Å². The van der Waals surface area contributed by atoms with Crippen LogP contribution < -0.4 is 16.0 Å². The minimum absolute atomic E-state index is 0.0332. The number of urea groups is 1. The molecule has 1 heterocycles. The van der Waals surface area contributed by atoms with Crippen LogP contribution in [0.25, 0.3) is 0 Å². The van der Waals surface area contributed by atoms with Crippen molar-refractivity contribution in [3.63, 3.8) is 0 Å². The molecule has 0 atom stereocenters. The molecule has 1 aromatic carbocycles. The van der Waals surface area contributed by atoms with Crippen LogP contribution in [0.2, 0.25) is 0 Å². The van der Waals surface area contributed by atoms with Crippen LogP contribution in [0.1, 0.15) is 5.56 Å². The fourth-order valence-corrected chi connectivity index (χ4v) is 3.27. The number of hydrogen-bond donors (Lipinski definition) is 3. The largest absolute Gasteiger partial charge is 0.358 e. The SMILES string of the molecule is CNC(=O)CNC(=O)Nc1ccc(CCN2CCSCC2)cc1. The predicted molar refractivity (Wildman–Crippen MR) is 95.0 cm³/mol. The fourth-order valence-electron chi connectivity index (χ4n) is 2.29. The van der Waals surface area contributed by atoms with Gasteiger partial charge in [-0.15, -0.1) is 0 Å². The second-order valence-corrected chi connectivity index (χ2v) is 6.61. The topological polar surface area (TPSA) is 73.5 Å². The Morgan fingerprint density at radius 2 is 1.87 bits per heavy atom. The van der Waals surface area contributed by atoms with E-state index in [1.807, 2.05) is 36.0 Å². The molecule has 1 aromatic rings. The number of benzene rings is 1. The van der Waals surface area contributed by atoms with E-state index in [2.05, 4.69) is 20.9 Å². The van der Waals surface area contributed by atoms with Crippen LogP contribution in [0.15, 0.2) is 24.3 Å². The van der Waals surface area contributed by atoms with Gasteiger partial charge in [-0.25, -0.2) is 4.79 Å². The van der Waals surface area contributed by atoms with Crippen LogP contribution in [-0.4, -0.2) is 61.6 Å². The smallest absolute Gasteiger partial charge is 0.319 e. The van der Waals surface area contributed by atoms with Gasteiger partial charge in [0.25, 0.3) is 0 Å². The lowest BCUT2D eigenvalue weighted by atomic mass is 10.1. The summed E-state index contributed by atoms with van der Waals surface area (Å²) in [7, 11) is 1.53. The molecule has 1 aliphatic heterocycles. The minimum atomic E-state index is -0.382. The Bertz CT molecular complexity index is 515. The van der Waals surface area contributed by atoms with Crippen LogP contribution in [0, 0.1) is 0 Å². The minimum Gasteiger partial charge on any atom is -0.358 e. The number of rotatable bonds is 6. The zero-order chi connectivity index (χ0) is 16.5. The van der Waals surface area contributed by atoms with Crippen molar-refractivity contribution in [2.24, 2.45) is 0 Å². The van der Waals surface area contributed by atoms with Gasteiger partial charge in [0.2, 0.25) is 5.91 Å². The van der Waals surface area contributed by atoms with Crippen LogP contribution in [0.5, 0.6) is 0 Å². The maximum atomic E-state index is 11.6. The van der Waals surface area contributed by atoms with Crippen molar-refractivity contribution in [2.45, 2.75) is 6.42 Å². The lowest BCUT2D eigenvalue weighted by Crippen LogP contribution is -2.37. The Hall–Kier alpha value is -1.73. The number of amides is 3. The molecule has 1 saturated heterocycles. The maximum Gasteiger partial charge on any atom is 0.319 e. The molecular weight excluding hydrogens is 312 g/mol. The zero-order valence-corrected chi connectivity index (χ0v) is 14.2. The number of nitrogens with one attached hydrogen (secondary N) is 3. The van der Waals surface area contributed by atoms with Gasteiger partial charge in [0.1, 0.15) is 0 Å². The summed E-state index contributed by atoms with van der Waals surface area (Å²) < 4.78 is 0. The average Bonchev–Trinajstić information content (AvgIpc) is 2.60. The van der Waals surface area contributed by atoms with E-state index in [1.165, 1.54) is 37.2 Å². The summed E-state index contributed by atoms with van der Waals surface area (Å²) >= 11 is 2.02. The first-order valence-corrected chi connectivity index (χ1v) is 8.97. The molecule has 0 spiro atoms. The molecule has 1 aliphatic rings. The summed E-state index contributed by atoms with van der Waals surface area (Å²) in [6.07, 6.45) is 1.02. The van der Waals surface area contributed by atoms with E-state index in [0.717, 1.165) is 18.7 Å². The van der Waals surface area contributed by atoms with Gasteiger partial charge >= 0.3 is 6.03 Å². The van der Waals surface area contributed by atoms with Crippen molar-refractivity contribution >= 4 is 29.4 Å². The molecule has 0 aromatic heterocycles. The Morgan fingerprint density at radius 1 is 1.17 bits per heavy atom. The normalized spacial score (nSPS) is 15.0. The lowest BCUT2D eigenvalue weighted by molar-refractivity contribution is -0.119. The first kappa shape index (κ1) is 17.6. The molecule has 23 heavy (non-hydrogen) atoms. The number of nitrogens with zero attached hydrogens (tertiary/aromatic N) is 1. The monoisotopic (exact) mass is 336 g/mol. The highest BCUT2D eigenvalue weighted by Crippen LogP contribution is 2.12. The molecular formula is C16H24N4O2S. The standard InChI is InChI=1S/C16H24N4O2S/c1-17-15(21)12-18-16(22)19-14-4-2-13(3-5-14)6-7-20-8-10-23-11-9-20/h2-5H,6-12H2,1H3,(H,17,21)(H2,18,19,22). The van der Waals surface area contributed by atoms with E-state index in [-0.39, 0.29) is 18.5 Å². The predicted octanol–water partition coefficient (Wildman–Crippen LogP) is 1.15. The third-order valence-corrected chi connectivity index (χ3v) is 4.66. The number of hydrogen-bond acceptors (Lipinski definition) is 4. The first-order chi connectivity index (χ1) is 11.2. The molecule has 0 saturated carbocycles. The molecule has 3 amide bonds.